The van der Waals surface area contributed by atoms with Crippen LogP contribution < -0.4 is 24.7 Å². The molecule has 59 heavy (non-hydrogen) atoms. The normalized spacial score (nSPS) is 27.6. The van der Waals surface area contributed by atoms with E-state index in [4.69, 9.17) is 20.8 Å². The zero-order chi connectivity index (χ0) is 41.6. The lowest BCUT2D eigenvalue weighted by atomic mass is 9.68. The number of hydrogen-bond donors (Lipinski definition) is 2. The van der Waals surface area contributed by atoms with Crippen LogP contribution in [0.1, 0.15) is 81.3 Å². The summed E-state index contributed by atoms with van der Waals surface area (Å²) in [6, 6.07) is 32.2. The molecule has 1 fully saturated rings. The second kappa shape index (κ2) is 16.5. The molecule has 0 saturated heterocycles. The number of nitrogens with one attached hydrogen (secondary N) is 1. The van der Waals surface area contributed by atoms with Crippen molar-refractivity contribution in [3.8, 4) is 5.75 Å². The molecule has 0 unspecified atom stereocenters. The molecule has 11 heteroatoms. The zero-order valence-electron chi connectivity index (χ0n) is 34.6. The molecule has 1 saturated carbocycles. The van der Waals surface area contributed by atoms with Crippen molar-refractivity contribution in [2.75, 3.05) is 31.2 Å². The van der Waals surface area contributed by atoms with Gasteiger partial charge in [-0.25, -0.2) is 13.1 Å². The van der Waals surface area contributed by atoms with Gasteiger partial charge in [0, 0.05) is 41.6 Å². The summed E-state index contributed by atoms with van der Waals surface area (Å²) in [7, 11) is -7.08. The summed E-state index contributed by atoms with van der Waals surface area (Å²) in [6.07, 6.45) is 8.07. The second-order valence-electron chi connectivity index (χ2n) is 18.4. The third kappa shape index (κ3) is 8.15. The summed E-state index contributed by atoms with van der Waals surface area (Å²) in [5.41, 5.74) is 3.19. The van der Waals surface area contributed by atoms with E-state index < -0.39 is 35.6 Å². The van der Waals surface area contributed by atoms with Gasteiger partial charge in [-0.05, 0) is 114 Å². The lowest BCUT2D eigenvalue weighted by Gasteiger charge is -2.45. The number of aliphatic hydroxyl groups excluding tert-OH is 1. The maximum absolute atomic E-state index is 14.0. The molecule has 4 aromatic rings. The number of aryl methyl sites for hydroxylation is 1. The number of hydrogen-bond acceptors (Lipinski definition) is 7. The Hall–Kier alpha value is -3.93. The van der Waals surface area contributed by atoms with Crippen molar-refractivity contribution < 1.29 is 27.5 Å². The van der Waals surface area contributed by atoms with Gasteiger partial charge in [-0.2, -0.15) is 0 Å². The van der Waals surface area contributed by atoms with E-state index in [9.17, 15) is 18.3 Å². The Morgan fingerprint density at radius 3 is 2.34 bits per heavy atom. The van der Waals surface area contributed by atoms with Crippen molar-refractivity contribution in [2.24, 2.45) is 17.8 Å². The van der Waals surface area contributed by atoms with Crippen LogP contribution in [0.3, 0.4) is 0 Å². The molecule has 312 valence electrons. The first kappa shape index (κ1) is 41.8. The van der Waals surface area contributed by atoms with E-state index in [1.807, 2.05) is 54.6 Å². The van der Waals surface area contributed by atoms with Gasteiger partial charge in [0.15, 0.2) is 0 Å². The molecular formula is C48H57ClN2O6SSi. The fraction of sp³-hybridized carbons (Fsp3) is 0.438. The van der Waals surface area contributed by atoms with Crippen molar-refractivity contribution in [3.05, 3.63) is 131 Å². The summed E-state index contributed by atoms with van der Waals surface area (Å²) in [5.74, 6) is -0.158. The van der Waals surface area contributed by atoms with E-state index in [0.717, 1.165) is 53.2 Å². The molecule has 0 aromatic heterocycles. The van der Waals surface area contributed by atoms with Gasteiger partial charge in [0.2, 0.25) is 10.0 Å². The second-order valence-corrected chi connectivity index (χ2v) is 25.3. The Labute approximate surface area is 356 Å². The number of rotatable bonds is 5. The smallest absolute Gasteiger partial charge is 0.264 e. The highest BCUT2D eigenvalue weighted by Gasteiger charge is 2.51. The minimum absolute atomic E-state index is 0.0195. The van der Waals surface area contributed by atoms with Crippen LogP contribution in [-0.2, 0) is 26.3 Å². The summed E-state index contributed by atoms with van der Waals surface area (Å²) in [6.45, 7) is 10.3. The van der Waals surface area contributed by atoms with Gasteiger partial charge in [0.05, 0.1) is 23.6 Å². The third-order valence-corrected chi connectivity index (χ3v) is 20.5. The van der Waals surface area contributed by atoms with Gasteiger partial charge in [-0.1, -0.05) is 111 Å². The Balaban J connectivity index is 1.15. The van der Waals surface area contributed by atoms with Crippen LogP contribution in [0, 0.1) is 17.8 Å². The molecule has 1 spiro atoms. The molecule has 8 nitrogen and oxygen atoms in total. The fourth-order valence-electron chi connectivity index (χ4n) is 10.3. The highest BCUT2D eigenvalue weighted by Crippen LogP contribution is 2.47. The van der Waals surface area contributed by atoms with Gasteiger partial charge in [-0.15, -0.1) is 0 Å². The standard InChI is InChI=1S/C48H57ClN2O6SSi/c1-33-26-34(30-57-59(47(2,3)4,39-13-7-5-8-14-39)40-15-9-6-10-16-40)17-23-44(52)41-21-18-37(41)29-51-31-48(25-11-12-35-27-38(49)20-22-42(35)48)32-56-45-24-19-36(28-43(45)51)46(53)50-58(33,54)55/h5-10,13-17,19-20,22-24,27-28,33-34,37,41,44,52H,11-12,18,21,25-26,29-32H2,1-4H3,(H,50,53)/b23-17+/t33-,34+,37+,41-,44+,48+/m1/s1. The van der Waals surface area contributed by atoms with Crippen LogP contribution in [0.5, 0.6) is 5.75 Å². The minimum Gasteiger partial charge on any atom is -0.490 e. The average Bonchev–Trinajstić information content (AvgIpc) is 3.35. The van der Waals surface area contributed by atoms with Gasteiger partial charge in [-0.3, -0.25) is 4.79 Å². The molecule has 2 aliphatic heterocycles. The molecule has 2 aliphatic carbocycles. The number of fused-ring (bicyclic) bond motifs is 4. The third-order valence-electron chi connectivity index (χ3n) is 13.6. The van der Waals surface area contributed by atoms with E-state index in [-0.39, 0.29) is 46.8 Å². The molecule has 0 radical (unpaired) electrons. The summed E-state index contributed by atoms with van der Waals surface area (Å²) < 4.78 is 44.4. The lowest BCUT2D eigenvalue weighted by Crippen LogP contribution is -2.66. The van der Waals surface area contributed by atoms with Crippen LogP contribution >= 0.6 is 11.6 Å². The molecule has 4 aromatic carbocycles. The summed E-state index contributed by atoms with van der Waals surface area (Å²) in [5, 5.41) is 13.7. The predicted octanol–water partition coefficient (Wildman–Crippen LogP) is 7.80. The average molecular weight is 854 g/mol. The molecule has 2 heterocycles. The van der Waals surface area contributed by atoms with Crippen molar-refractivity contribution in [3.63, 3.8) is 0 Å². The van der Waals surface area contributed by atoms with Gasteiger partial charge in [0.1, 0.15) is 5.75 Å². The first-order valence-corrected chi connectivity index (χ1v) is 25.0. The Kier molecular flexibility index (Phi) is 11.7. The van der Waals surface area contributed by atoms with Gasteiger partial charge < -0.3 is 19.2 Å². The van der Waals surface area contributed by atoms with Crippen LogP contribution in [0.4, 0.5) is 5.69 Å². The van der Waals surface area contributed by atoms with Gasteiger partial charge in [0.25, 0.3) is 14.2 Å². The molecule has 6 atom stereocenters. The minimum atomic E-state index is -4.12. The molecular weight excluding hydrogens is 796 g/mol. The molecule has 4 aliphatic rings. The Morgan fingerprint density at radius 1 is 0.966 bits per heavy atom. The largest absolute Gasteiger partial charge is 0.490 e. The maximum Gasteiger partial charge on any atom is 0.264 e. The molecule has 2 N–H and O–H groups in total. The summed E-state index contributed by atoms with van der Waals surface area (Å²) in [4.78, 5) is 16.3. The van der Waals surface area contributed by atoms with Crippen LogP contribution in [0.25, 0.3) is 0 Å². The fourth-order valence-corrected chi connectivity index (χ4v) is 16.2. The number of aliphatic hydroxyl groups is 1. The first-order chi connectivity index (χ1) is 28.2. The van der Waals surface area contributed by atoms with Crippen LogP contribution in [0.15, 0.2) is 109 Å². The number of sulfonamides is 1. The Bertz CT molecular complexity index is 2260. The number of nitrogens with zero attached hydrogens (tertiary/aromatic N) is 1. The summed E-state index contributed by atoms with van der Waals surface area (Å²) >= 11 is 6.48. The monoisotopic (exact) mass is 852 g/mol. The van der Waals surface area contributed by atoms with Gasteiger partial charge >= 0.3 is 0 Å². The first-order valence-electron chi connectivity index (χ1n) is 21.2. The van der Waals surface area contributed by atoms with E-state index in [1.54, 1.807) is 25.1 Å². The van der Waals surface area contributed by atoms with Crippen molar-refractivity contribution in [2.45, 2.75) is 88.0 Å². The number of anilines is 1. The highest BCUT2D eigenvalue weighted by molar-refractivity contribution is 7.90. The molecule has 2 bridgehead atoms. The number of benzene rings is 4. The lowest BCUT2D eigenvalue weighted by molar-refractivity contribution is 0.0453. The topological polar surface area (TPSA) is 105 Å². The Morgan fingerprint density at radius 2 is 1.68 bits per heavy atom. The van der Waals surface area contributed by atoms with Crippen molar-refractivity contribution in [1.29, 1.82) is 0 Å². The van der Waals surface area contributed by atoms with E-state index >= 15 is 0 Å². The number of ether oxygens (including phenoxy) is 1. The van der Waals surface area contributed by atoms with E-state index in [0.29, 0.717) is 25.4 Å². The number of carbonyl (C=O) groups excluding carboxylic acids is 1. The molecule has 8 rings (SSSR count). The van der Waals surface area contributed by atoms with Crippen molar-refractivity contribution >= 4 is 51.9 Å². The SMILES string of the molecule is C[C@@H]1C[C@@H](CO[Si](c2ccccc2)(c2ccccc2)C(C)(C)C)/C=C/[C@H](O)[C@@H]2CC[C@H]2CN2C[C@@]3(CCCc4cc(Cl)ccc43)COc3ccc(cc32)C(=O)NS1(=O)=O. The van der Waals surface area contributed by atoms with Crippen molar-refractivity contribution in [1.82, 2.24) is 4.72 Å². The van der Waals surface area contributed by atoms with Crippen LogP contribution in [-0.4, -0.2) is 65.4 Å². The van der Waals surface area contributed by atoms with Crippen LogP contribution in [0.2, 0.25) is 10.1 Å². The van der Waals surface area contributed by atoms with E-state index in [2.05, 4.69) is 66.8 Å². The number of halogens is 1. The highest BCUT2D eigenvalue weighted by atomic mass is 35.5. The predicted molar refractivity (Wildman–Crippen MR) is 239 cm³/mol. The number of amides is 1. The quantitative estimate of drug-likeness (QED) is 0.156. The van der Waals surface area contributed by atoms with E-state index in [1.165, 1.54) is 11.1 Å². The zero-order valence-corrected chi connectivity index (χ0v) is 37.1. The maximum atomic E-state index is 14.0. The number of carbonyl (C=O) groups is 1. The molecule has 1 amide bonds.